The van der Waals surface area contributed by atoms with Crippen LogP contribution in [0, 0.1) is 0 Å². The molecule has 4 heteroatoms. The van der Waals surface area contributed by atoms with E-state index in [1.54, 1.807) is 6.20 Å². The first-order chi connectivity index (χ1) is 9.29. The van der Waals surface area contributed by atoms with Gasteiger partial charge in [-0.1, -0.05) is 6.92 Å². The molecule has 100 valence electrons. The lowest BCUT2D eigenvalue weighted by molar-refractivity contribution is 0.0385. The molecule has 1 aliphatic rings. The van der Waals surface area contributed by atoms with Gasteiger partial charge in [-0.25, -0.2) is 0 Å². The number of ether oxygens (including phenoxy) is 1. The first kappa shape index (κ1) is 12.2. The zero-order chi connectivity index (χ0) is 13.2. The lowest BCUT2D eigenvalue weighted by Crippen LogP contribution is -2.42. The van der Waals surface area contributed by atoms with Crippen molar-refractivity contribution in [3.05, 3.63) is 30.5 Å². The van der Waals surface area contributed by atoms with Gasteiger partial charge in [0, 0.05) is 24.7 Å². The predicted octanol–water partition coefficient (Wildman–Crippen LogP) is 2.43. The highest BCUT2D eigenvalue weighted by molar-refractivity contribution is 5.97. The first-order valence-corrected chi connectivity index (χ1v) is 6.79. The van der Waals surface area contributed by atoms with Crippen LogP contribution in [-0.2, 0) is 4.74 Å². The standard InChI is InChI=1S/C15H19N3O/c1-2-11-10-18(8-9-19-11)14-6-5-13-12(15(14)16)4-3-7-17-13/h3-7,11H,2,8-10,16H2,1H3. The van der Waals surface area contributed by atoms with E-state index >= 15 is 0 Å². The molecule has 2 aromatic rings. The molecule has 1 aliphatic heterocycles. The van der Waals surface area contributed by atoms with Gasteiger partial charge < -0.3 is 15.4 Å². The second-order valence-corrected chi connectivity index (χ2v) is 4.92. The van der Waals surface area contributed by atoms with Gasteiger partial charge in [-0.3, -0.25) is 4.98 Å². The number of fused-ring (bicyclic) bond motifs is 1. The van der Waals surface area contributed by atoms with Gasteiger partial charge in [0.1, 0.15) is 0 Å². The molecule has 0 radical (unpaired) electrons. The van der Waals surface area contributed by atoms with Crippen molar-refractivity contribution in [2.75, 3.05) is 30.3 Å². The Morgan fingerprint density at radius 3 is 3.16 bits per heavy atom. The average molecular weight is 257 g/mol. The van der Waals surface area contributed by atoms with Gasteiger partial charge in [-0.2, -0.15) is 0 Å². The molecule has 1 saturated heterocycles. The number of nitrogens with two attached hydrogens (primary N) is 1. The Morgan fingerprint density at radius 2 is 2.32 bits per heavy atom. The molecule has 1 fully saturated rings. The van der Waals surface area contributed by atoms with Crippen molar-refractivity contribution in [1.82, 2.24) is 4.98 Å². The summed E-state index contributed by atoms with van der Waals surface area (Å²) in [6.07, 6.45) is 3.13. The van der Waals surface area contributed by atoms with E-state index in [1.807, 2.05) is 18.2 Å². The van der Waals surface area contributed by atoms with Crippen LogP contribution in [0.2, 0.25) is 0 Å². The number of nitrogen functional groups attached to an aromatic ring is 1. The fourth-order valence-electron chi connectivity index (χ4n) is 2.62. The molecule has 0 spiro atoms. The summed E-state index contributed by atoms with van der Waals surface area (Å²) in [4.78, 5) is 6.66. The highest BCUT2D eigenvalue weighted by Gasteiger charge is 2.21. The molecule has 0 bridgehead atoms. The molecule has 0 saturated carbocycles. The number of anilines is 2. The van der Waals surface area contributed by atoms with Crippen molar-refractivity contribution >= 4 is 22.3 Å². The average Bonchev–Trinajstić information content (AvgIpc) is 2.48. The Hall–Kier alpha value is -1.81. The van der Waals surface area contributed by atoms with Crippen molar-refractivity contribution in [3.8, 4) is 0 Å². The zero-order valence-electron chi connectivity index (χ0n) is 11.2. The summed E-state index contributed by atoms with van der Waals surface area (Å²) in [5.41, 5.74) is 9.18. The quantitative estimate of drug-likeness (QED) is 0.839. The number of rotatable bonds is 2. The Balaban J connectivity index is 1.98. The maximum atomic E-state index is 6.31. The van der Waals surface area contributed by atoms with Gasteiger partial charge in [0.15, 0.2) is 0 Å². The van der Waals surface area contributed by atoms with Crippen molar-refractivity contribution < 1.29 is 4.74 Å². The summed E-state index contributed by atoms with van der Waals surface area (Å²) >= 11 is 0. The van der Waals surface area contributed by atoms with E-state index in [2.05, 4.69) is 22.9 Å². The summed E-state index contributed by atoms with van der Waals surface area (Å²) in [5.74, 6) is 0. The van der Waals surface area contributed by atoms with Gasteiger partial charge in [0.2, 0.25) is 0 Å². The van der Waals surface area contributed by atoms with Gasteiger partial charge in [-0.05, 0) is 30.7 Å². The largest absolute Gasteiger partial charge is 0.396 e. The number of hydrogen-bond donors (Lipinski definition) is 1. The summed E-state index contributed by atoms with van der Waals surface area (Å²) < 4.78 is 5.71. The molecule has 2 N–H and O–H groups in total. The summed E-state index contributed by atoms with van der Waals surface area (Å²) in [6.45, 7) is 4.73. The number of hydrogen-bond acceptors (Lipinski definition) is 4. The molecule has 3 rings (SSSR count). The van der Waals surface area contributed by atoms with Crippen LogP contribution in [0.5, 0.6) is 0 Å². The Morgan fingerprint density at radius 1 is 1.42 bits per heavy atom. The van der Waals surface area contributed by atoms with E-state index in [-0.39, 0.29) is 0 Å². The number of nitrogens with zero attached hydrogens (tertiary/aromatic N) is 2. The minimum atomic E-state index is 0.303. The van der Waals surface area contributed by atoms with Gasteiger partial charge in [0.05, 0.1) is 29.6 Å². The lowest BCUT2D eigenvalue weighted by Gasteiger charge is -2.35. The second-order valence-electron chi connectivity index (χ2n) is 4.92. The summed E-state index contributed by atoms with van der Waals surface area (Å²) in [6, 6.07) is 8.07. The van der Waals surface area contributed by atoms with E-state index in [1.165, 1.54) is 0 Å². The smallest absolute Gasteiger partial charge is 0.0748 e. The zero-order valence-corrected chi connectivity index (χ0v) is 11.2. The van der Waals surface area contributed by atoms with E-state index in [0.29, 0.717) is 6.10 Å². The normalized spacial score (nSPS) is 19.8. The molecule has 1 aromatic carbocycles. The summed E-state index contributed by atoms with van der Waals surface area (Å²) in [5, 5.41) is 1.03. The molecule has 0 amide bonds. The second kappa shape index (κ2) is 5.05. The monoisotopic (exact) mass is 257 g/mol. The van der Waals surface area contributed by atoms with E-state index < -0.39 is 0 Å². The minimum absolute atomic E-state index is 0.303. The van der Waals surface area contributed by atoms with Crippen LogP contribution < -0.4 is 10.6 Å². The molecule has 0 aliphatic carbocycles. The van der Waals surface area contributed by atoms with Crippen molar-refractivity contribution in [2.24, 2.45) is 0 Å². The molecular formula is C15H19N3O. The molecule has 1 atom stereocenters. The summed E-state index contributed by atoms with van der Waals surface area (Å²) in [7, 11) is 0. The third-order valence-electron chi connectivity index (χ3n) is 3.74. The van der Waals surface area contributed by atoms with Gasteiger partial charge in [-0.15, -0.1) is 0 Å². The Bertz CT molecular complexity index is 585. The van der Waals surface area contributed by atoms with E-state index in [0.717, 1.165) is 48.4 Å². The van der Waals surface area contributed by atoms with Crippen molar-refractivity contribution in [2.45, 2.75) is 19.4 Å². The fourth-order valence-corrected chi connectivity index (χ4v) is 2.62. The third kappa shape index (κ3) is 2.24. The first-order valence-electron chi connectivity index (χ1n) is 6.79. The lowest BCUT2D eigenvalue weighted by atomic mass is 10.1. The maximum absolute atomic E-state index is 6.31. The number of aromatic nitrogens is 1. The molecule has 1 aromatic heterocycles. The maximum Gasteiger partial charge on any atom is 0.0748 e. The molecular weight excluding hydrogens is 238 g/mol. The fraction of sp³-hybridized carbons (Fsp3) is 0.400. The highest BCUT2D eigenvalue weighted by Crippen LogP contribution is 2.31. The molecule has 2 heterocycles. The Labute approximate surface area is 113 Å². The number of pyridine rings is 1. The van der Waals surface area contributed by atoms with Gasteiger partial charge >= 0.3 is 0 Å². The predicted molar refractivity (Wildman–Crippen MR) is 78.4 cm³/mol. The SMILES string of the molecule is CCC1CN(c2ccc3ncccc3c2N)CCO1. The van der Waals surface area contributed by atoms with E-state index in [4.69, 9.17) is 10.5 Å². The third-order valence-corrected chi connectivity index (χ3v) is 3.74. The molecule has 19 heavy (non-hydrogen) atoms. The van der Waals surface area contributed by atoms with Crippen molar-refractivity contribution in [3.63, 3.8) is 0 Å². The van der Waals surface area contributed by atoms with Gasteiger partial charge in [0.25, 0.3) is 0 Å². The highest BCUT2D eigenvalue weighted by atomic mass is 16.5. The van der Waals surface area contributed by atoms with Crippen LogP contribution in [0.1, 0.15) is 13.3 Å². The minimum Gasteiger partial charge on any atom is -0.396 e. The van der Waals surface area contributed by atoms with Crippen LogP contribution in [0.4, 0.5) is 11.4 Å². The van der Waals surface area contributed by atoms with Crippen LogP contribution in [0.25, 0.3) is 10.9 Å². The molecule has 1 unspecified atom stereocenters. The van der Waals surface area contributed by atoms with Crippen LogP contribution in [0.15, 0.2) is 30.5 Å². The number of benzene rings is 1. The Kier molecular flexibility index (Phi) is 3.25. The van der Waals surface area contributed by atoms with E-state index in [9.17, 15) is 0 Å². The van der Waals surface area contributed by atoms with Crippen LogP contribution in [-0.4, -0.2) is 30.8 Å². The topological polar surface area (TPSA) is 51.4 Å². The van der Waals surface area contributed by atoms with Crippen LogP contribution in [0.3, 0.4) is 0 Å². The van der Waals surface area contributed by atoms with Crippen LogP contribution >= 0.6 is 0 Å². The molecule has 4 nitrogen and oxygen atoms in total. The number of morpholine rings is 1. The van der Waals surface area contributed by atoms with Crippen molar-refractivity contribution in [1.29, 1.82) is 0 Å².